The molecule has 9 nitrogen and oxygen atoms in total. The number of nitrogens with zero attached hydrogens (tertiary/aromatic N) is 6. The Balaban J connectivity index is 1.66. The highest BCUT2D eigenvalue weighted by Crippen LogP contribution is 2.34. The van der Waals surface area contributed by atoms with E-state index in [2.05, 4.69) is 29.7 Å². The van der Waals surface area contributed by atoms with E-state index in [4.69, 9.17) is 14.6 Å². The first kappa shape index (κ1) is 31.4. The number of halogens is 1. The van der Waals surface area contributed by atoms with Crippen LogP contribution in [0.3, 0.4) is 0 Å². The van der Waals surface area contributed by atoms with Crippen LogP contribution in [0, 0.1) is 12.7 Å². The monoisotopic (exact) mass is 594 g/mol. The molecule has 0 saturated carbocycles. The van der Waals surface area contributed by atoms with Gasteiger partial charge in [0, 0.05) is 51.5 Å². The summed E-state index contributed by atoms with van der Waals surface area (Å²) >= 11 is 0. The molecule has 0 fully saturated rings. The molecule has 0 aliphatic heterocycles. The molecule has 1 atom stereocenters. The van der Waals surface area contributed by atoms with Crippen LogP contribution in [0.15, 0.2) is 36.8 Å². The molecule has 3 aromatic heterocycles. The summed E-state index contributed by atoms with van der Waals surface area (Å²) in [6.45, 7) is 14.1. The third kappa shape index (κ3) is 7.25. The summed E-state index contributed by atoms with van der Waals surface area (Å²) in [4.78, 5) is 18.6. The molecule has 11 heteroatoms. The zero-order chi connectivity index (χ0) is 30.6. The third-order valence-corrected chi connectivity index (χ3v) is 9.17. The number of carbonyl (C=O) groups is 1. The van der Waals surface area contributed by atoms with Crippen LogP contribution in [0.5, 0.6) is 0 Å². The number of rotatable bonds is 12. The molecule has 1 unspecified atom stereocenters. The maximum absolute atomic E-state index is 15.8. The van der Waals surface area contributed by atoms with Crippen molar-refractivity contribution in [1.29, 1.82) is 0 Å². The van der Waals surface area contributed by atoms with Crippen molar-refractivity contribution >= 4 is 25.1 Å². The van der Waals surface area contributed by atoms with E-state index in [9.17, 15) is 4.79 Å². The van der Waals surface area contributed by atoms with Crippen molar-refractivity contribution < 1.29 is 18.7 Å². The summed E-state index contributed by atoms with van der Waals surface area (Å²) < 4.78 is 30.7. The van der Waals surface area contributed by atoms with Crippen LogP contribution in [0.25, 0.3) is 33.4 Å². The Morgan fingerprint density at radius 2 is 1.93 bits per heavy atom. The van der Waals surface area contributed by atoms with Crippen molar-refractivity contribution in [3.8, 4) is 22.5 Å². The van der Waals surface area contributed by atoms with Crippen LogP contribution >= 0.6 is 0 Å². The van der Waals surface area contributed by atoms with E-state index in [1.165, 1.54) is 11.0 Å². The van der Waals surface area contributed by atoms with E-state index < -0.39 is 20.0 Å². The Kier molecular flexibility index (Phi) is 9.83. The van der Waals surface area contributed by atoms with Crippen molar-refractivity contribution in [2.75, 3.05) is 20.3 Å². The van der Waals surface area contributed by atoms with Gasteiger partial charge < -0.3 is 14.4 Å². The molecule has 0 aliphatic carbocycles. The molecule has 0 saturated heterocycles. The summed E-state index contributed by atoms with van der Waals surface area (Å²) in [7, 11) is 2.31. The zero-order valence-corrected chi connectivity index (χ0v) is 27.1. The van der Waals surface area contributed by atoms with Crippen molar-refractivity contribution in [2.24, 2.45) is 7.05 Å². The van der Waals surface area contributed by atoms with Gasteiger partial charge in [-0.3, -0.25) is 9.67 Å². The average Bonchev–Trinajstić information content (AvgIpc) is 3.52. The maximum Gasteiger partial charge on any atom is 0.410 e. The minimum atomic E-state index is -1.22. The van der Waals surface area contributed by atoms with Gasteiger partial charge in [-0.25, -0.2) is 13.9 Å². The number of hydrogen-bond acceptors (Lipinski definition) is 6. The summed E-state index contributed by atoms with van der Waals surface area (Å²) in [5, 5.41) is 10.0. The highest BCUT2D eigenvalue weighted by atomic mass is 28.3. The highest BCUT2D eigenvalue weighted by Gasteiger charge is 2.23. The number of amides is 1. The molecule has 0 radical (unpaired) electrons. The summed E-state index contributed by atoms with van der Waals surface area (Å²) in [6.07, 6.45) is 6.73. The van der Waals surface area contributed by atoms with Crippen LogP contribution in [-0.2, 0) is 23.3 Å². The van der Waals surface area contributed by atoms with E-state index in [0.29, 0.717) is 36.8 Å². The van der Waals surface area contributed by atoms with Gasteiger partial charge in [0.25, 0.3) is 0 Å². The van der Waals surface area contributed by atoms with E-state index in [1.807, 2.05) is 50.8 Å². The minimum absolute atomic E-state index is 0.302. The Morgan fingerprint density at radius 1 is 1.17 bits per heavy atom. The second-order valence-electron chi connectivity index (χ2n) is 12.1. The Morgan fingerprint density at radius 3 is 2.57 bits per heavy atom. The quantitative estimate of drug-likeness (QED) is 0.127. The Hall–Kier alpha value is -3.57. The smallest absolute Gasteiger partial charge is 0.410 e. The fraction of sp³-hybridized carbons (Fsp3) is 0.484. The van der Waals surface area contributed by atoms with Gasteiger partial charge in [-0.05, 0) is 49.6 Å². The molecule has 1 amide bonds. The molecule has 0 bridgehead atoms. The minimum Gasteiger partial charge on any atom is -0.449 e. The van der Waals surface area contributed by atoms with Gasteiger partial charge in [0.15, 0.2) is 0 Å². The predicted molar refractivity (Wildman–Crippen MR) is 166 cm³/mol. The van der Waals surface area contributed by atoms with Crippen molar-refractivity contribution in [3.05, 3.63) is 53.7 Å². The molecule has 226 valence electrons. The fourth-order valence-electron chi connectivity index (χ4n) is 4.72. The van der Waals surface area contributed by atoms with E-state index in [-0.39, 0.29) is 6.04 Å². The molecule has 4 rings (SSSR count). The molecule has 0 aliphatic rings. The van der Waals surface area contributed by atoms with E-state index >= 15 is 4.39 Å². The van der Waals surface area contributed by atoms with Gasteiger partial charge in [0.05, 0.1) is 36.3 Å². The fourth-order valence-corrected chi connectivity index (χ4v) is 5.47. The van der Waals surface area contributed by atoms with E-state index in [1.54, 1.807) is 24.1 Å². The second-order valence-corrected chi connectivity index (χ2v) is 17.8. The summed E-state index contributed by atoms with van der Waals surface area (Å²) in [6, 6.07) is 5.96. The maximum atomic E-state index is 15.8. The third-order valence-electron chi connectivity index (χ3n) is 7.47. The van der Waals surface area contributed by atoms with Crippen LogP contribution in [0.1, 0.15) is 43.9 Å². The lowest BCUT2D eigenvalue weighted by Crippen LogP contribution is -2.30. The van der Waals surface area contributed by atoms with Gasteiger partial charge in [-0.15, -0.1) is 0 Å². The van der Waals surface area contributed by atoms with Crippen molar-refractivity contribution in [1.82, 2.24) is 29.4 Å². The topological polar surface area (TPSA) is 87.3 Å². The molecular formula is C31H43FN6O3Si. The number of carbonyl (C=O) groups excluding carboxylic acids is 1. The lowest BCUT2D eigenvalue weighted by atomic mass is 9.97. The normalized spacial score (nSPS) is 12.6. The number of benzene rings is 1. The van der Waals surface area contributed by atoms with Crippen LogP contribution in [0.2, 0.25) is 25.7 Å². The van der Waals surface area contributed by atoms with Gasteiger partial charge >= 0.3 is 6.09 Å². The Labute approximate surface area is 248 Å². The first-order valence-electron chi connectivity index (χ1n) is 14.5. The highest BCUT2D eigenvalue weighted by molar-refractivity contribution is 6.76. The molecule has 42 heavy (non-hydrogen) atoms. The largest absolute Gasteiger partial charge is 0.449 e. The number of hydrogen-bond donors (Lipinski definition) is 0. The number of unbranched alkanes of at least 4 members (excludes halogenated alkanes) is 1. The number of fused-ring (bicyclic) bond motifs is 1. The molecular weight excluding hydrogens is 551 g/mol. The molecule has 1 aromatic carbocycles. The van der Waals surface area contributed by atoms with Gasteiger partial charge in [-0.2, -0.15) is 10.2 Å². The predicted octanol–water partition coefficient (Wildman–Crippen LogP) is 7.19. The standard InChI is InChI=1S/C31H43FN6O3Si/c1-9-10-11-41-31(39)37(5)22(3)23-14-21(2)29(26(32)15-23)27-16-25-28(18-33-27)38(20-40-12-13-42(6,7)8)35-30(25)24-17-34-36(4)19-24/h14-19,22H,9-13,20H2,1-8H3. The molecule has 4 aromatic rings. The van der Waals surface area contributed by atoms with E-state index in [0.717, 1.165) is 46.6 Å². The second kappa shape index (κ2) is 13.2. The first-order chi connectivity index (χ1) is 19.9. The van der Waals surface area contributed by atoms with Crippen LogP contribution in [-0.4, -0.2) is 63.9 Å². The van der Waals surface area contributed by atoms with Gasteiger partial charge in [-0.1, -0.05) is 39.1 Å². The number of ether oxygens (including phenoxy) is 2. The van der Waals surface area contributed by atoms with Gasteiger partial charge in [0.2, 0.25) is 0 Å². The van der Waals surface area contributed by atoms with Crippen molar-refractivity contribution in [3.63, 3.8) is 0 Å². The molecule has 3 heterocycles. The first-order valence-corrected chi connectivity index (χ1v) is 18.2. The van der Waals surface area contributed by atoms with Crippen molar-refractivity contribution in [2.45, 2.75) is 72.1 Å². The number of aromatic nitrogens is 5. The molecule has 0 spiro atoms. The summed E-state index contributed by atoms with van der Waals surface area (Å²) in [5.41, 5.74) is 4.73. The molecule has 0 N–H and O–H groups in total. The lowest BCUT2D eigenvalue weighted by Gasteiger charge is -2.25. The number of aryl methyl sites for hydroxylation is 2. The van der Waals surface area contributed by atoms with Crippen LogP contribution < -0.4 is 0 Å². The van der Waals surface area contributed by atoms with Gasteiger partial charge in [0.1, 0.15) is 18.2 Å². The zero-order valence-electron chi connectivity index (χ0n) is 26.1. The Bertz CT molecular complexity index is 1520. The lowest BCUT2D eigenvalue weighted by molar-refractivity contribution is 0.0818. The SMILES string of the molecule is CCCCOC(=O)N(C)C(C)c1cc(C)c(-c2cc3c(-c4cnn(C)c4)nn(COCC[Si](C)(C)C)c3cn2)c(F)c1. The van der Waals surface area contributed by atoms with Crippen LogP contribution in [0.4, 0.5) is 9.18 Å². The average molecular weight is 595 g/mol. The summed E-state index contributed by atoms with van der Waals surface area (Å²) in [5.74, 6) is -0.401. The number of pyridine rings is 1.